The second kappa shape index (κ2) is 6.84. The van der Waals surface area contributed by atoms with Crippen LogP contribution in [0.2, 0.25) is 0 Å². The van der Waals surface area contributed by atoms with Crippen molar-refractivity contribution in [2.45, 2.75) is 50.7 Å². The van der Waals surface area contributed by atoms with E-state index in [1.165, 1.54) is 11.9 Å². The van der Waals surface area contributed by atoms with Gasteiger partial charge in [-0.3, -0.25) is 0 Å². The van der Waals surface area contributed by atoms with Crippen molar-refractivity contribution < 1.29 is 14.9 Å². The van der Waals surface area contributed by atoms with Crippen LogP contribution in [0.3, 0.4) is 0 Å². The molecule has 1 saturated carbocycles. The summed E-state index contributed by atoms with van der Waals surface area (Å²) in [6.45, 7) is 3.66. The molecular formula is C21H24N4O3. The van der Waals surface area contributed by atoms with E-state index in [1.807, 2.05) is 35.9 Å². The van der Waals surface area contributed by atoms with E-state index in [9.17, 15) is 10.2 Å². The molecule has 1 aliphatic heterocycles. The van der Waals surface area contributed by atoms with Gasteiger partial charge in [0.15, 0.2) is 0 Å². The molecule has 0 spiro atoms. The van der Waals surface area contributed by atoms with Gasteiger partial charge in [-0.15, -0.1) is 0 Å². The Morgan fingerprint density at radius 3 is 2.96 bits per heavy atom. The quantitative estimate of drug-likeness (QED) is 0.638. The molecule has 3 aromatic rings. The molecule has 7 heteroatoms. The summed E-state index contributed by atoms with van der Waals surface area (Å²) in [5, 5.41) is 25.7. The normalized spacial score (nSPS) is 27.1. The zero-order valence-corrected chi connectivity index (χ0v) is 15.7. The maximum Gasteiger partial charge on any atom is 0.143 e. The molecule has 1 aromatic carbocycles. The zero-order chi connectivity index (χ0) is 19.3. The van der Waals surface area contributed by atoms with Crippen molar-refractivity contribution in [3.8, 4) is 5.75 Å². The van der Waals surface area contributed by atoms with Crippen molar-refractivity contribution >= 4 is 11.0 Å². The van der Waals surface area contributed by atoms with Crippen LogP contribution in [0.1, 0.15) is 29.3 Å². The van der Waals surface area contributed by atoms with Gasteiger partial charge in [0.25, 0.3) is 0 Å². The lowest BCUT2D eigenvalue weighted by atomic mass is 10.0. The summed E-state index contributed by atoms with van der Waals surface area (Å²) in [4.78, 5) is 8.61. The largest absolute Gasteiger partial charge is 0.487 e. The predicted molar refractivity (Wildman–Crippen MR) is 104 cm³/mol. The Bertz CT molecular complexity index is 1020. The Morgan fingerprint density at radius 1 is 1.18 bits per heavy atom. The highest BCUT2D eigenvalue weighted by atomic mass is 16.5. The summed E-state index contributed by atoms with van der Waals surface area (Å²) in [5.41, 5.74) is 4.09. The van der Waals surface area contributed by atoms with E-state index in [-0.39, 0.29) is 6.04 Å². The third-order valence-corrected chi connectivity index (χ3v) is 6.05. The first-order valence-corrected chi connectivity index (χ1v) is 9.76. The number of fused-ring (bicyclic) bond motifs is 2. The van der Waals surface area contributed by atoms with Crippen LogP contribution < -0.4 is 10.1 Å². The van der Waals surface area contributed by atoms with E-state index in [0.717, 1.165) is 47.6 Å². The molecule has 0 bridgehead atoms. The van der Waals surface area contributed by atoms with Gasteiger partial charge in [-0.1, -0.05) is 12.1 Å². The van der Waals surface area contributed by atoms with Crippen LogP contribution in [0.15, 0.2) is 36.8 Å². The average molecular weight is 380 g/mol. The maximum atomic E-state index is 10.7. The van der Waals surface area contributed by atoms with Gasteiger partial charge >= 0.3 is 0 Å². The van der Waals surface area contributed by atoms with Crippen LogP contribution in [0, 0.1) is 6.92 Å². The second-order valence-corrected chi connectivity index (χ2v) is 7.68. The first-order chi connectivity index (χ1) is 13.6. The van der Waals surface area contributed by atoms with Gasteiger partial charge in [0.2, 0.25) is 0 Å². The standard InChI is InChI=1S/C21H24N4O3/c1-12-14-6-8-25(21(14)24-11-23-12)16-9-18(20(27)19(16)26)28-17-4-2-3-13-5-7-22-10-15(13)17/h2-4,6,8,11,16,18-20,22,26-27H,5,7,9-10H2,1H3/t16?,18-,19-,20+/m0/s1. The molecule has 28 heavy (non-hydrogen) atoms. The Kier molecular flexibility index (Phi) is 4.30. The molecule has 146 valence electrons. The molecular weight excluding hydrogens is 356 g/mol. The highest BCUT2D eigenvalue weighted by molar-refractivity contribution is 5.78. The van der Waals surface area contributed by atoms with E-state index in [2.05, 4.69) is 21.4 Å². The van der Waals surface area contributed by atoms with Crippen molar-refractivity contribution in [1.29, 1.82) is 0 Å². The van der Waals surface area contributed by atoms with Crippen molar-refractivity contribution in [2.75, 3.05) is 6.54 Å². The summed E-state index contributed by atoms with van der Waals surface area (Å²) in [7, 11) is 0. The smallest absolute Gasteiger partial charge is 0.143 e. The molecule has 1 fully saturated rings. The molecule has 4 atom stereocenters. The van der Waals surface area contributed by atoms with Crippen LogP contribution in [-0.4, -0.2) is 49.6 Å². The van der Waals surface area contributed by atoms with Crippen LogP contribution in [0.4, 0.5) is 0 Å². The van der Waals surface area contributed by atoms with Gasteiger partial charge in [-0.05, 0) is 37.6 Å². The van der Waals surface area contributed by atoms with Gasteiger partial charge in [-0.25, -0.2) is 9.97 Å². The van der Waals surface area contributed by atoms with Crippen molar-refractivity contribution in [1.82, 2.24) is 19.9 Å². The van der Waals surface area contributed by atoms with Gasteiger partial charge in [0, 0.05) is 30.1 Å². The fourth-order valence-electron chi connectivity index (χ4n) is 4.48. The fraction of sp³-hybridized carbons (Fsp3) is 0.429. The number of benzene rings is 1. The van der Waals surface area contributed by atoms with Gasteiger partial charge in [0.05, 0.1) is 11.7 Å². The van der Waals surface area contributed by atoms with Crippen LogP contribution in [0.5, 0.6) is 5.75 Å². The summed E-state index contributed by atoms with van der Waals surface area (Å²) in [6, 6.07) is 7.72. The average Bonchev–Trinajstić information content (AvgIpc) is 3.26. The molecule has 2 aromatic heterocycles. The van der Waals surface area contributed by atoms with Gasteiger partial charge in [0.1, 0.15) is 36.0 Å². The third-order valence-electron chi connectivity index (χ3n) is 6.05. The molecule has 1 unspecified atom stereocenters. The van der Waals surface area contributed by atoms with Crippen molar-refractivity contribution in [2.24, 2.45) is 0 Å². The number of ether oxygens (including phenoxy) is 1. The summed E-state index contributed by atoms with van der Waals surface area (Å²) >= 11 is 0. The summed E-state index contributed by atoms with van der Waals surface area (Å²) in [6.07, 6.45) is 2.55. The lowest BCUT2D eigenvalue weighted by molar-refractivity contribution is -0.0166. The fourth-order valence-corrected chi connectivity index (χ4v) is 4.48. The number of aryl methyl sites for hydroxylation is 1. The SMILES string of the molecule is Cc1ncnc2c1ccn2C1C[C@H](Oc2cccc3c2CNCC3)[C@@H](O)[C@H]1O. The molecule has 0 saturated heterocycles. The number of nitrogens with one attached hydrogen (secondary N) is 1. The molecule has 3 N–H and O–H groups in total. The Hall–Kier alpha value is -2.48. The molecule has 0 amide bonds. The molecule has 0 radical (unpaired) electrons. The third kappa shape index (κ3) is 2.78. The van der Waals surface area contributed by atoms with E-state index >= 15 is 0 Å². The van der Waals surface area contributed by atoms with E-state index in [4.69, 9.17) is 4.74 Å². The van der Waals surface area contributed by atoms with E-state index in [1.54, 1.807) is 0 Å². The topological polar surface area (TPSA) is 92.4 Å². The minimum absolute atomic E-state index is 0.301. The van der Waals surface area contributed by atoms with E-state index in [0.29, 0.717) is 6.42 Å². The number of hydrogen-bond donors (Lipinski definition) is 3. The van der Waals surface area contributed by atoms with Gasteiger partial charge in [-0.2, -0.15) is 0 Å². The molecule has 5 rings (SSSR count). The van der Waals surface area contributed by atoms with Crippen molar-refractivity contribution in [3.63, 3.8) is 0 Å². The number of aliphatic hydroxyl groups is 2. The predicted octanol–water partition coefficient (Wildman–Crippen LogP) is 1.50. The number of aromatic nitrogens is 3. The number of nitrogens with zero attached hydrogens (tertiary/aromatic N) is 3. The minimum Gasteiger partial charge on any atom is -0.487 e. The van der Waals surface area contributed by atoms with Crippen molar-refractivity contribution in [3.05, 3.63) is 53.6 Å². The first kappa shape index (κ1) is 17.6. The van der Waals surface area contributed by atoms with Crippen LogP contribution in [0.25, 0.3) is 11.0 Å². The highest BCUT2D eigenvalue weighted by Crippen LogP contribution is 2.37. The van der Waals surface area contributed by atoms with E-state index < -0.39 is 18.3 Å². The summed E-state index contributed by atoms with van der Waals surface area (Å²) < 4.78 is 8.16. The Morgan fingerprint density at radius 2 is 2.07 bits per heavy atom. The first-order valence-electron chi connectivity index (χ1n) is 9.76. The molecule has 7 nitrogen and oxygen atoms in total. The number of hydrogen-bond acceptors (Lipinski definition) is 6. The van der Waals surface area contributed by atoms with Crippen LogP contribution in [-0.2, 0) is 13.0 Å². The van der Waals surface area contributed by atoms with Crippen LogP contribution >= 0.6 is 0 Å². The number of aliphatic hydroxyl groups excluding tert-OH is 2. The molecule has 2 aliphatic rings. The monoisotopic (exact) mass is 380 g/mol. The second-order valence-electron chi connectivity index (χ2n) is 7.68. The molecule has 1 aliphatic carbocycles. The zero-order valence-electron chi connectivity index (χ0n) is 15.7. The Balaban J connectivity index is 1.43. The number of rotatable bonds is 3. The highest BCUT2D eigenvalue weighted by Gasteiger charge is 2.44. The minimum atomic E-state index is -0.960. The van der Waals surface area contributed by atoms with Gasteiger partial charge < -0.3 is 24.8 Å². The lowest BCUT2D eigenvalue weighted by Gasteiger charge is -2.24. The summed E-state index contributed by atoms with van der Waals surface area (Å²) in [5.74, 6) is 0.789. The maximum absolute atomic E-state index is 10.7. The molecule has 3 heterocycles. The Labute approximate surface area is 163 Å². The lowest BCUT2D eigenvalue weighted by Crippen LogP contribution is -2.34.